The molecule has 0 aliphatic carbocycles. The number of amides is 1. The number of carbonyl (C=O) groups excluding carboxylic acids is 1. The molecule has 0 spiro atoms. The fraction of sp³-hybridized carbons (Fsp3) is 0.217. The molecule has 2 heterocycles. The Kier molecular flexibility index (Phi) is 6.22. The van der Waals surface area contributed by atoms with Gasteiger partial charge in [0.25, 0.3) is 5.91 Å². The van der Waals surface area contributed by atoms with Gasteiger partial charge in [0.1, 0.15) is 17.2 Å². The number of benzene rings is 2. The first-order valence-electron chi connectivity index (χ1n) is 10.1. The van der Waals surface area contributed by atoms with E-state index in [1.54, 1.807) is 23.0 Å². The number of nitrogens with zero attached hydrogens (tertiary/aromatic N) is 2. The van der Waals surface area contributed by atoms with E-state index in [1.807, 2.05) is 6.92 Å². The zero-order valence-electron chi connectivity index (χ0n) is 18.3. The summed E-state index contributed by atoms with van der Waals surface area (Å²) >= 11 is 1.39. The highest BCUT2D eigenvalue weighted by Gasteiger charge is 2.26. The van der Waals surface area contributed by atoms with E-state index < -0.39 is 15.8 Å². The minimum Gasteiger partial charge on any atom is -0.455 e. The molecule has 33 heavy (non-hydrogen) atoms. The molecule has 2 aromatic carbocycles. The van der Waals surface area contributed by atoms with Crippen LogP contribution in [0.4, 0.5) is 10.1 Å². The van der Waals surface area contributed by atoms with Crippen molar-refractivity contribution < 1.29 is 22.0 Å². The van der Waals surface area contributed by atoms with E-state index in [4.69, 9.17) is 4.42 Å². The van der Waals surface area contributed by atoms with Crippen LogP contribution in [0.25, 0.3) is 22.3 Å². The summed E-state index contributed by atoms with van der Waals surface area (Å²) in [5, 5.41) is 4.97. The van der Waals surface area contributed by atoms with E-state index in [1.165, 1.54) is 47.0 Å². The Labute approximate surface area is 194 Å². The first kappa shape index (κ1) is 22.9. The zero-order chi connectivity index (χ0) is 23.8. The number of hydrogen-bond donors (Lipinski definition) is 1. The number of nitrogens with one attached hydrogen (secondary N) is 1. The van der Waals surface area contributed by atoms with Crippen LogP contribution < -0.4 is 9.62 Å². The summed E-state index contributed by atoms with van der Waals surface area (Å²) in [7, 11) is -2.12. The number of aryl methyl sites for hydroxylation is 1. The van der Waals surface area contributed by atoms with Crippen molar-refractivity contribution in [2.45, 2.75) is 19.9 Å². The first-order valence-corrected chi connectivity index (χ1v) is 12.9. The molecule has 1 N–H and O–H groups in total. The molecule has 2 aromatic heterocycles. The fourth-order valence-corrected chi connectivity index (χ4v) is 5.13. The van der Waals surface area contributed by atoms with Crippen molar-refractivity contribution in [3.05, 3.63) is 69.9 Å². The second-order valence-electron chi connectivity index (χ2n) is 7.47. The summed E-state index contributed by atoms with van der Waals surface area (Å²) in [5.41, 5.74) is 4.68. The third-order valence-corrected chi connectivity index (χ3v) is 7.05. The Bertz CT molecular complexity index is 1410. The zero-order valence-corrected chi connectivity index (χ0v) is 19.9. The van der Waals surface area contributed by atoms with Crippen molar-refractivity contribution in [3.63, 3.8) is 0 Å². The number of thiazole rings is 1. The van der Waals surface area contributed by atoms with Gasteiger partial charge in [-0.05, 0) is 42.3 Å². The molecule has 0 aliphatic heterocycles. The Morgan fingerprint density at radius 3 is 2.55 bits per heavy atom. The lowest BCUT2D eigenvalue weighted by Crippen LogP contribution is -2.30. The molecule has 7 nitrogen and oxygen atoms in total. The molecule has 1 amide bonds. The molecule has 0 radical (unpaired) electrons. The van der Waals surface area contributed by atoms with Crippen LogP contribution in [0.15, 0.2) is 51.7 Å². The molecule has 0 saturated heterocycles. The molecular weight excluding hydrogens is 465 g/mol. The topological polar surface area (TPSA) is 92.5 Å². The predicted octanol–water partition coefficient (Wildman–Crippen LogP) is 4.58. The van der Waals surface area contributed by atoms with Crippen LogP contribution >= 0.6 is 11.3 Å². The number of sulfonamides is 1. The number of aromatic nitrogens is 1. The molecule has 4 rings (SSSR count). The molecule has 0 saturated carbocycles. The van der Waals surface area contributed by atoms with Crippen molar-refractivity contribution in [1.82, 2.24) is 10.3 Å². The van der Waals surface area contributed by atoms with Crippen LogP contribution in [0.1, 0.15) is 28.5 Å². The number of carbonyl (C=O) groups is 1. The Morgan fingerprint density at radius 1 is 1.24 bits per heavy atom. The second kappa shape index (κ2) is 8.95. The number of halogens is 1. The normalized spacial score (nSPS) is 11.6. The smallest absolute Gasteiger partial charge is 0.255 e. The van der Waals surface area contributed by atoms with Gasteiger partial charge in [0.2, 0.25) is 10.0 Å². The molecular formula is C23H22FN3O4S2. The van der Waals surface area contributed by atoms with Crippen molar-refractivity contribution in [3.8, 4) is 11.3 Å². The van der Waals surface area contributed by atoms with Crippen LogP contribution in [0.3, 0.4) is 0 Å². The lowest BCUT2D eigenvalue weighted by molar-refractivity contribution is 0.0964. The third-order valence-electron chi connectivity index (χ3n) is 5.29. The molecule has 4 aromatic rings. The highest BCUT2D eigenvalue weighted by atomic mass is 32.2. The van der Waals surface area contributed by atoms with E-state index in [9.17, 15) is 17.6 Å². The largest absolute Gasteiger partial charge is 0.455 e. The van der Waals surface area contributed by atoms with Crippen LogP contribution in [-0.4, -0.2) is 32.6 Å². The average molecular weight is 488 g/mol. The SMILES string of the molecule is CCc1cc2c(C(=O)NC)c(-c3ccc(F)cc3)oc2cc1N(Cc1cscn1)S(C)(=O)=O. The molecule has 10 heteroatoms. The fourth-order valence-electron chi connectivity index (χ4n) is 3.69. The van der Waals surface area contributed by atoms with E-state index in [-0.39, 0.29) is 18.2 Å². The molecule has 0 fully saturated rings. The van der Waals surface area contributed by atoms with Gasteiger partial charge in [-0.1, -0.05) is 6.92 Å². The summed E-state index contributed by atoms with van der Waals surface area (Å²) in [6.45, 7) is 1.99. The first-order chi connectivity index (χ1) is 15.7. The predicted molar refractivity (Wildman–Crippen MR) is 128 cm³/mol. The summed E-state index contributed by atoms with van der Waals surface area (Å²) in [5.74, 6) is -0.475. The minimum atomic E-state index is -3.64. The summed E-state index contributed by atoms with van der Waals surface area (Å²) in [6.07, 6.45) is 1.67. The number of rotatable bonds is 7. The van der Waals surface area contributed by atoms with Gasteiger partial charge in [-0.3, -0.25) is 9.10 Å². The minimum absolute atomic E-state index is 0.0780. The standard InChI is InChI=1S/C23H22FN3O4S2/c1-4-14-9-18-20(10-19(14)27(33(3,29)30)11-17-12-32-13-26-17)31-22(21(18)23(28)25-2)15-5-7-16(24)8-6-15/h5-10,12-13H,4,11H2,1-3H3,(H,25,28). The highest BCUT2D eigenvalue weighted by Crippen LogP contribution is 2.38. The van der Waals surface area contributed by atoms with Crippen LogP contribution in [0.5, 0.6) is 0 Å². The van der Waals surface area contributed by atoms with Gasteiger partial charge in [0, 0.05) is 29.4 Å². The van der Waals surface area contributed by atoms with Crippen molar-refractivity contribution >= 4 is 43.9 Å². The Hall–Kier alpha value is -3.24. The van der Waals surface area contributed by atoms with E-state index in [0.29, 0.717) is 39.9 Å². The third kappa shape index (κ3) is 4.49. The number of anilines is 1. The molecule has 0 aliphatic rings. The second-order valence-corrected chi connectivity index (χ2v) is 10.1. The number of hydrogen-bond acceptors (Lipinski definition) is 6. The van der Waals surface area contributed by atoms with Gasteiger partial charge in [0.15, 0.2) is 0 Å². The van der Waals surface area contributed by atoms with Crippen molar-refractivity contribution in [2.75, 3.05) is 17.6 Å². The number of furan rings is 1. The molecule has 0 unspecified atom stereocenters. The quantitative estimate of drug-likeness (QED) is 0.412. The Balaban J connectivity index is 1.96. The van der Waals surface area contributed by atoms with Gasteiger partial charge in [-0.2, -0.15) is 0 Å². The lowest BCUT2D eigenvalue weighted by atomic mass is 10.0. The average Bonchev–Trinajstić information content (AvgIpc) is 3.43. The van der Waals surface area contributed by atoms with Crippen molar-refractivity contribution in [1.29, 1.82) is 0 Å². The summed E-state index contributed by atoms with van der Waals surface area (Å²) in [6, 6.07) is 9.07. The Morgan fingerprint density at radius 2 is 1.97 bits per heavy atom. The van der Waals surface area contributed by atoms with Crippen LogP contribution in [-0.2, 0) is 23.0 Å². The van der Waals surface area contributed by atoms with Crippen LogP contribution in [0, 0.1) is 5.82 Å². The molecule has 0 atom stereocenters. The van der Waals surface area contributed by atoms with Gasteiger partial charge in [-0.25, -0.2) is 17.8 Å². The van der Waals surface area contributed by atoms with E-state index in [2.05, 4.69) is 10.3 Å². The van der Waals surface area contributed by atoms with E-state index in [0.717, 1.165) is 11.8 Å². The molecule has 0 bridgehead atoms. The maximum atomic E-state index is 13.5. The number of fused-ring (bicyclic) bond motifs is 1. The lowest BCUT2D eigenvalue weighted by Gasteiger charge is -2.24. The summed E-state index contributed by atoms with van der Waals surface area (Å²) in [4.78, 5) is 17.0. The van der Waals surface area contributed by atoms with Gasteiger partial charge in [0.05, 0.1) is 35.3 Å². The van der Waals surface area contributed by atoms with E-state index >= 15 is 0 Å². The van der Waals surface area contributed by atoms with Gasteiger partial charge in [-0.15, -0.1) is 11.3 Å². The molecule has 172 valence electrons. The highest BCUT2D eigenvalue weighted by molar-refractivity contribution is 7.92. The van der Waals surface area contributed by atoms with Gasteiger partial charge < -0.3 is 9.73 Å². The van der Waals surface area contributed by atoms with Crippen LogP contribution in [0.2, 0.25) is 0 Å². The maximum Gasteiger partial charge on any atom is 0.255 e. The van der Waals surface area contributed by atoms with Gasteiger partial charge >= 0.3 is 0 Å². The monoisotopic (exact) mass is 487 g/mol. The maximum absolute atomic E-state index is 13.5. The van der Waals surface area contributed by atoms with Crippen molar-refractivity contribution in [2.24, 2.45) is 0 Å². The summed E-state index contributed by atoms with van der Waals surface area (Å²) < 4.78 is 46.3.